The highest BCUT2D eigenvalue weighted by Gasteiger charge is 2.36. The van der Waals surface area contributed by atoms with Crippen molar-refractivity contribution in [3.8, 4) is 17.0 Å². The molecular weight excluding hydrogens is 459 g/mol. The van der Waals surface area contributed by atoms with Crippen molar-refractivity contribution < 1.29 is 18.7 Å². The van der Waals surface area contributed by atoms with Gasteiger partial charge in [-0.3, -0.25) is 4.79 Å². The smallest absolute Gasteiger partial charge is 0.245 e. The number of ether oxygens (including phenoxy) is 2. The Morgan fingerprint density at radius 2 is 1.88 bits per heavy atom. The van der Waals surface area contributed by atoms with Crippen molar-refractivity contribution in [3.05, 3.63) is 65.1 Å². The Labute approximate surface area is 204 Å². The Bertz CT molecular complexity index is 1150. The summed E-state index contributed by atoms with van der Waals surface area (Å²) in [5.41, 5.74) is 1.27. The van der Waals surface area contributed by atoms with Crippen LogP contribution in [0.25, 0.3) is 11.3 Å². The molecule has 0 bridgehead atoms. The Hall–Kier alpha value is -2.97. The molecule has 3 aromatic rings. The highest BCUT2D eigenvalue weighted by atomic mass is 35.5. The lowest BCUT2D eigenvalue weighted by atomic mass is 9.86. The molecular formula is C25H30ClFN4O3. The molecule has 1 N–H and O–H groups in total. The number of hydrogen-bond donors (Lipinski definition) is 1. The second kappa shape index (κ2) is 10.5. The maximum Gasteiger partial charge on any atom is 0.245 e. The van der Waals surface area contributed by atoms with Gasteiger partial charge in [0.25, 0.3) is 0 Å². The summed E-state index contributed by atoms with van der Waals surface area (Å²) >= 11 is 6.35. The zero-order valence-electron chi connectivity index (χ0n) is 20.2. The molecule has 0 saturated heterocycles. The van der Waals surface area contributed by atoms with Gasteiger partial charge in [-0.25, -0.2) is 9.07 Å². The van der Waals surface area contributed by atoms with E-state index >= 15 is 0 Å². The highest BCUT2D eigenvalue weighted by Crippen LogP contribution is 2.33. The van der Waals surface area contributed by atoms with Crippen molar-refractivity contribution in [3.63, 3.8) is 0 Å². The summed E-state index contributed by atoms with van der Waals surface area (Å²) in [5, 5.41) is 12.0. The minimum Gasteiger partial charge on any atom is -0.494 e. The fourth-order valence-electron chi connectivity index (χ4n) is 3.96. The molecule has 9 heteroatoms. The van der Waals surface area contributed by atoms with Crippen LogP contribution in [0.2, 0.25) is 5.02 Å². The standard InChI is InChI=1S/C25H30ClFN4O3/c1-15(22(34-6)17-9-7-8-10-18(17)26)28-24(32)23(25(2,3)4)31-14-20(29-30-31)16-11-12-21(33-5)19(27)13-16/h7-15,22-23H,1-6H3,(H,28,32). The van der Waals surface area contributed by atoms with E-state index in [1.807, 2.05) is 45.9 Å². The molecule has 0 aliphatic heterocycles. The third kappa shape index (κ3) is 5.56. The molecule has 0 saturated carbocycles. The first-order chi connectivity index (χ1) is 16.1. The maximum absolute atomic E-state index is 14.2. The molecule has 0 radical (unpaired) electrons. The van der Waals surface area contributed by atoms with E-state index in [-0.39, 0.29) is 17.7 Å². The summed E-state index contributed by atoms with van der Waals surface area (Å²) in [6, 6.07) is 10.9. The first kappa shape index (κ1) is 25.6. The molecule has 3 rings (SSSR count). The maximum atomic E-state index is 14.2. The van der Waals surface area contributed by atoms with Gasteiger partial charge in [0.15, 0.2) is 11.6 Å². The third-order valence-corrected chi connectivity index (χ3v) is 5.92. The van der Waals surface area contributed by atoms with E-state index in [0.717, 1.165) is 5.56 Å². The van der Waals surface area contributed by atoms with Crippen LogP contribution in [-0.2, 0) is 9.53 Å². The topological polar surface area (TPSA) is 78.3 Å². The predicted octanol–water partition coefficient (Wildman–Crippen LogP) is 5.23. The molecule has 34 heavy (non-hydrogen) atoms. The zero-order chi connectivity index (χ0) is 25.0. The normalized spacial score (nSPS) is 14.4. The molecule has 7 nitrogen and oxygen atoms in total. The molecule has 3 atom stereocenters. The molecule has 0 spiro atoms. The first-order valence-electron chi connectivity index (χ1n) is 10.9. The number of nitrogens with zero attached hydrogens (tertiary/aromatic N) is 3. The number of halogens is 2. The van der Waals surface area contributed by atoms with Crippen molar-refractivity contribution in [1.82, 2.24) is 20.3 Å². The second-order valence-electron chi connectivity index (χ2n) is 9.18. The molecule has 0 aliphatic carbocycles. The SMILES string of the molecule is COc1ccc(-c2cn(C(C(=O)NC(C)C(OC)c3ccccc3Cl)C(C)(C)C)nn2)cc1F. The summed E-state index contributed by atoms with van der Waals surface area (Å²) in [5.74, 6) is -0.603. The lowest BCUT2D eigenvalue weighted by molar-refractivity contribution is -0.129. The first-order valence-corrected chi connectivity index (χ1v) is 11.3. The van der Waals surface area contributed by atoms with Crippen LogP contribution in [0, 0.1) is 11.2 Å². The summed E-state index contributed by atoms with van der Waals surface area (Å²) in [6.07, 6.45) is 1.20. The lowest BCUT2D eigenvalue weighted by Gasteiger charge is -2.32. The van der Waals surface area contributed by atoms with E-state index in [9.17, 15) is 9.18 Å². The van der Waals surface area contributed by atoms with Gasteiger partial charge < -0.3 is 14.8 Å². The van der Waals surface area contributed by atoms with Gasteiger partial charge in [0.1, 0.15) is 17.8 Å². The third-order valence-electron chi connectivity index (χ3n) is 5.58. The van der Waals surface area contributed by atoms with Gasteiger partial charge >= 0.3 is 0 Å². The molecule has 182 valence electrons. The Kier molecular flexibility index (Phi) is 7.94. The monoisotopic (exact) mass is 488 g/mol. The van der Waals surface area contributed by atoms with Crippen LogP contribution >= 0.6 is 11.6 Å². The van der Waals surface area contributed by atoms with E-state index in [1.54, 1.807) is 25.4 Å². The van der Waals surface area contributed by atoms with Crippen LogP contribution in [0.4, 0.5) is 4.39 Å². The van der Waals surface area contributed by atoms with Gasteiger partial charge in [-0.2, -0.15) is 0 Å². The van der Waals surface area contributed by atoms with Crippen molar-refractivity contribution >= 4 is 17.5 Å². The molecule has 0 fully saturated rings. The fourth-order valence-corrected chi connectivity index (χ4v) is 4.20. The number of nitrogens with one attached hydrogen (secondary N) is 1. The fraction of sp³-hybridized carbons (Fsp3) is 0.400. The van der Waals surface area contributed by atoms with Crippen LogP contribution in [0.1, 0.15) is 45.4 Å². The van der Waals surface area contributed by atoms with Crippen LogP contribution < -0.4 is 10.1 Å². The Balaban J connectivity index is 1.86. The number of aromatic nitrogens is 3. The number of carbonyl (C=O) groups excluding carboxylic acids is 1. The molecule has 3 unspecified atom stereocenters. The summed E-state index contributed by atoms with van der Waals surface area (Å²) in [6.45, 7) is 7.69. The molecule has 1 aromatic heterocycles. The largest absolute Gasteiger partial charge is 0.494 e. The Morgan fingerprint density at radius 3 is 2.47 bits per heavy atom. The van der Waals surface area contributed by atoms with Crippen molar-refractivity contribution in [1.29, 1.82) is 0 Å². The van der Waals surface area contributed by atoms with Crippen LogP contribution in [0.3, 0.4) is 0 Å². The predicted molar refractivity (Wildman–Crippen MR) is 129 cm³/mol. The van der Waals surface area contributed by atoms with E-state index < -0.39 is 23.4 Å². The molecule has 1 amide bonds. The number of methoxy groups -OCH3 is 2. The van der Waals surface area contributed by atoms with Gasteiger partial charge in [-0.05, 0) is 36.6 Å². The molecule has 1 heterocycles. The van der Waals surface area contributed by atoms with Crippen molar-refractivity contribution in [2.75, 3.05) is 14.2 Å². The van der Waals surface area contributed by atoms with Gasteiger partial charge in [0.05, 0.1) is 19.3 Å². The van der Waals surface area contributed by atoms with Crippen molar-refractivity contribution in [2.45, 2.75) is 45.9 Å². The van der Waals surface area contributed by atoms with Gasteiger partial charge in [0, 0.05) is 23.3 Å². The minimum absolute atomic E-state index is 0.142. The van der Waals surface area contributed by atoms with E-state index in [4.69, 9.17) is 21.1 Å². The number of benzene rings is 2. The second-order valence-corrected chi connectivity index (χ2v) is 9.58. The number of carbonyl (C=O) groups is 1. The number of amides is 1. The summed E-state index contributed by atoms with van der Waals surface area (Å²) in [4.78, 5) is 13.5. The van der Waals surface area contributed by atoms with Crippen LogP contribution in [0.15, 0.2) is 48.7 Å². The van der Waals surface area contributed by atoms with E-state index in [1.165, 1.54) is 23.9 Å². The molecule has 2 aromatic carbocycles. The van der Waals surface area contributed by atoms with Gasteiger partial charge in [0.2, 0.25) is 5.91 Å². The average Bonchev–Trinajstić information content (AvgIpc) is 3.23. The minimum atomic E-state index is -0.678. The van der Waals surface area contributed by atoms with Gasteiger partial charge in [-0.1, -0.05) is 55.8 Å². The number of hydrogen-bond acceptors (Lipinski definition) is 5. The van der Waals surface area contributed by atoms with E-state index in [0.29, 0.717) is 16.3 Å². The quantitative estimate of drug-likeness (QED) is 0.470. The number of rotatable bonds is 8. The summed E-state index contributed by atoms with van der Waals surface area (Å²) in [7, 11) is 2.98. The molecule has 0 aliphatic rings. The summed E-state index contributed by atoms with van der Waals surface area (Å²) < 4.78 is 26.3. The van der Waals surface area contributed by atoms with Crippen molar-refractivity contribution in [2.24, 2.45) is 5.41 Å². The van der Waals surface area contributed by atoms with E-state index in [2.05, 4.69) is 15.6 Å². The zero-order valence-corrected chi connectivity index (χ0v) is 20.9. The van der Waals surface area contributed by atoms with Crippen LogP contribution in [0.5, 0.6) is 5.75 Å². The van der Waals surface area contributed by atoms with Gasteiger partial charge in [-0.15, -0.1) is 5.10 Å². The average molecular weight is 489 g/mol. The Morgan fingerprint density at radius 1 is 1.18 bits per heavy atom. The highest BCUT2D eigenvalue weighted by molar-refractivity contribution is 6.31. The lowest BCUT2D eigenvalue weighted by Crippen LogP contribution is -2.45. The van der Waals surface area contributed by atoms with Crippen LogP contribution in [-0.4, -0.2) is 41.2 Å².